The fourth-order valence-corrected chi connectivity index (χ4v) is 3.59. The fraction of sp³-hybridized carbons (Fsp3) is 0.118. The Balaban J connectivity index is 1.80. The topological polar surface area (TPSA) is 74.8 Å². The molecule has 0 radical (unpaired) electrons. The number of aromatic nitrogens is 2. The summed E-state index contributed by atoms with van der Waals surface area (Å²) in [6.07, 6.45) is 1.59. The molecule has 0 aliphatic carbocycles. The van der Waals surface area contributed by atoms with Crippen LogP contribution in [0.2, 0.25) is 0 Å². The quantitative estimate of drug-likeness (QED) is 0.743. The van der Waals surface area contributed by atoms with Crippen molar-refractivity contribution in [1.29, 1.82) is 0 Å². The second-order valence-electron chi connectivity index (χ2n) is 5.44. The van der Waals surface area contributed by atoms with Gasteiger partial charge in [0.1, 0.15) is 5.82 Å². The minimum absolute atomic E-state index is 0.223. The summed E-state index contributed by atoms with van der Waals surface area (Å²) in [6, 6.07) is 12.4. The van der Waals surface area contributed by atoms with E-state index in [0.29, 0.717) is 11.3 Å². The summed E-state index contributed by atoms with van der Waals surface area (Å²) < 4.78 is 40.0. The van der Waals surface area contributed by atoms with Crippen LogP contribution in [0, 0.1) is 12.7 Å². The van der Waals surface area contributed by atoms with Crippen LogP contribution in [0.15, 0.2) is 54.9 Å². The van der Waals surface area contributed by atoms with Crippen LogP contribution >= 0.6 is 0 Å². The van der Waals surface area contributed by atoms with Crippen molar-refractivity contribution in [2.75, 3.05) is 4.72 Å². The molecule has 124 valence electrons. The van der Waals surface area contributed by atoms with Gasteiger partial charge in [0.25, 0.3) is 0 Å². The third-order valence-electron chi connectivity index (χ3n) is 3.51. The van der Waals surface area contributed by atoms with Crippen LogP contribution in [0.5, 0.6) is 0 Å². The van der Waals surface area contributed by atoms with Crippen LogP contribution in [-0.4, -0.2) is 18.4 Å². The summed E-state index contributed by atoms with van der Waals surface area (Å²) in [5.74, 6) is -0.620. The second kappa shape index (κ2) is 6.45. The molecule has 0 saturated heterocycles. The molecule has 3 aromatic rings. The summed E-state index contributed by atoms with van der Waals surface area (Å²) in [4.78, 5) is 7.22. The minimum atomic E-state index is -3.60. The van der Waals surface area contributed by atoms with E-state index >= 15 is 0 Å². The van der Waals surface area contributed by atoms with Crippen LogP contribution in [0.25, 0.3) is 11.3 Å². The first-order chi connectivity index (χ1) is 11.4. The van der Waals surface area contributed by atoms with Crippen molar-refractivity contribution in [3.8, 4) is 11.3 Å². The number of nitrogens with zero attached hydrogens (tertiary/aromatic N) is 1. The number of H-pyrrole nitrogens is 1. The number of hydrogen-bond acceptors (Lipinski definition) is 3. The van der Waals surface area contributed by atoms with Gasteiger partial charge in [-0.1, -0.05) is 24.3 Å². The van der Waals surface area contributed by atoms with E-state index in [2.05, 4.69) is 14.7 Å². The maximum Gasteiger partial charge on any atom is 0.236 e. The lowest BCUT2D eigenvalue weighted by Crippen LogP contribution is -2.15. The highest BCUT2D eigenvalue weighted by Gasteiger charge is 2.13. The van der Waals surface area contributed by atoms with Crippen molar-refractivity contribution >= 4 is 15.7 Å². The van der Waals surface area contributed by atoms with Gasteiger partial charge in [-0.15, -0.1) is 0 Å². The molecular weight excluding hydrogens is 329 g/mol. The SMILES string of the molecule is Cc1[nH]cnc1-c1cccc(NS(=O)(=O)Cc2ccc(F)cc2)c1. The lowest BCUT2D eigenvalue weighted by molar-refractivity contribution is 0.600. The van der Waals surface area contributed by atoms with Crippen molar-refractivity contribution < 1.29 is 12.8 Å². The van der Waals surface area contributed by atoms with E-state index in [9.17, 15) is 12.8 Å². The smallest absolute Gasteiger partial charge is 0.236 e. The summed E-state index contributed by atoms with van der Waals surface area (Å²) in [6.45, 7) is 1.90. The lowest BCUT2D eigenvalue weighted by Gasteiger charge is -2.09. The number of rotatable bonds is 5. The van der Waals surface area contributed by atoms with Gasteiger partial charge in [0.15, 0.2) is 0 Å². The van der Waals surface area contributed by atoms with E-state index in [1.54, 1.807) is 24.5 Å². The van der Waals surface area contributed by atoms with Crippen LogP contribution in [0.3, 0.4) is 0 Å². The van der Waals surface area contributed by atoms with E-state index in [0.717, 1.165) is 17.0 Å². The van der Waals surface area contributed by atoms with Crippen LogP contribution in [0.1, 0.15) is 11.3 Å². The molecule has 0 fully saturated rings. The van der Waals surface area contributed by atoms with Crippen LogP contribution in [0.4, 0.5) is 10.1 Å². The average molecular weight is 345 g/mol. The number of hydrogen-bond donors (Lipinski definition) is 2. The van der Waals surface area contributed by atoms with E-state index in [-0.39, 0.29) is 5.75 Å². The molecule has 0 unspecified atom stereocenters. The largest absolute Gasteiger partial charge is 0.348 e. The first-order valence-electron chi connectivity index (χ1n) is 7.28. The Morgan fingerprint density at radius 2 is 1.92 bits per heavy atom. The Morgan fingerprint density at radius 1 is 1.17 bits per heavy atom. The zero-order valence-corrected chi connectivity index (χ0v) is 13.8. The first-order valence-corrected chi connectivity index (χ1v) is 8.93. The number of anilines is 1. The molecule has 0 aliphatic rings. The molecule has 2 aromatic carbocycles. The highest BCUT2D eigenvalue weighted by molar-refractivity contribution is 7.91. The Hall–Kier alpha value is -2.67. The normalized spacial score (nSPS) is 11.4. The Morgan fingerprint density at radius 3 is 2.58 bits per heavy atom. The molecule has 0 spiro atoms. The van der Waals surface area contributed by atoms with Crippen molar-refractivity contribution in [2.45, 2.75) is 12.7 Å². The third-order valence-corrected chi connectivity index (χ3v) is 4.77. The van der Waals surface area contributed by atoms with Gasteiger partial charge in [0.2, 0.25) is 10.0 Å². The molecule has 1 aromatic heterocycles. The Labute approximate surface area is 139 Å². The van der Waals surface area contributed by atoms with Gasteiger partial charge in [-0.25, -0.2) is 17.8 Å². The van der Waals surface area contributed by atoms with E-state index in [4.69, 9.17) is 0 Å². The maximum atomic E-state index is 12.9. The van der Waals surface area contributed by atoms with Gasteiger partial charge in [-0.3, -0.25) is 4.72 Å². The number of imidazole rings is 1. The summed E-state index contributed by atoms with van der Waals surface area (Å²) in [5, 5.41) is 0. The van der Waals surface area contributed by atoms with Gasteiger partial charge >= 0.3 is 0 Å². The summed E-state index contributed by atoms with van der Waals surface area (Å²) >= 11 is 0. The number of benzene rings is 2. The van der Waals surface area contributed by atoms with Gasteiger partial charge in [0, 0.05) is 16.9 Å². The molecule has 24 heavy (non-hydrogen) atoms. The number of sulfonamides is 1. The molecule has 0 amide bonds. The molecule has 0 bridgehead atoms. The summed E-state index contributed by atoms with van der Waals surface area (Å²) in [5.41, 5.74) is 3.46. The Kier molecular flexibility index (Phi) is 4.35. The van der Waals surface area contributed by atoms with Gasteiger partial charge in [-0.2, -0.15) is 0 Å². The maximum absolute atomic E-state index is 12.9. The lowest BCUT2D eigenvalue weighted by atomic mass is 10.1. The van der Waals surface area contributed by atoms with E-state index in [1.807, 2.05) is 13.0 Å². The third kappa shape index (κ3) is 3.80. The van der Waals surface area contributed by atoms with Gasteiger partial charge in [-0.05, 0) is 36.8 Å². The molecular formula is C17H16FN3O2S. The molecule has 0 aliphatic heterocycles. The number of nitrogens with one attached hydrogen (secondary N) is 2. The van der Waals surface area contributed by atoms with Gasteiger partial charge in [0.05, 0.1) is 17.8 Å². The fourth-order valence-electron chi connectivity index (χ4n) is 2.40. The minimum Gasteiger partial charge on any atom is -0.348 e. The average Bonchev–Trinajstić information content (AvgIpc) is 2.95. The molecule has 1 heterocycles. The summed E-state index contributed by atoms with van der Waals surface area (Å²) in [7, 11) is -3.60. The molecule has 0 atom stereocenters. The molecule has 7 heteroatoms. The molecule has 5 nitrogen and oxygen atoms in total. The monoisotopic (exact) mass is 345 g/mol. The molecule has 2 N–H and O–H groups in total. The van der Waals surface area contributed by atoms with Crippen molar-refractivity contribution in [2.24, 2.45) is 0 Å². The predicted molar refractivity (Wildman–Crippen MR) is 91.4 cm³/mol. The van der Waals surface area contributed by atoms with Crippen LogP contribution < -0.4 is 4.72 Å². The van der Waals surface area contributed by atoms with Crippen LogP contribution in [-0.2, 0) is 15.8 Å². The zero-order chi connectivity index (χ0) is 17.2. The first kappa shape index (κ1) is 16.2. The zero-order valence-electron chi connectivity index (χ0n) is 13.0. The molecule has 0 saturated carbocycles. The number of halogens is 1. The number of aromatic amines is 1. The number of aryl methyl sites for hydroxylation is 1. The van der Waals surface area contributed by atoms with Crippen molar-refractivity contribution in [3.05, 3.63) is 71.9 Å². The van der Waals surface area contributed by atoms with Crippen molar-refractivity contribution in [1.82, 2.24) is 9.97 Å². The second-order valence-corrected chi connectivity index (χ2v) is 7.17. The van der Waals surface area contributed by atoms with Crippen molar-refractivity contribution in [3.63, 3.8) is 0 Å². The highest BCUT2D eigenvalue weighted by atomic mass is 32.2. The Bertz CT molecular complexity index is 950. The van der Waals surface area contributed by atoms with E-state index < -0.39 is 15.8 Å². The standard InChI is InChI=1S/C17H16FN3O2S/c1-12-17(20-11-19-12)14-3-2-4-16(9-14)21-24(22,23)10-13-5-7-15(18)8-6-13/h2-9,11,21H,10H2,1H3,(H,19,20). The van der Waals surface area contributed by atoms with E-state index in [1.165, 1.54) is 24.3 Å². The highest BCUT2D eigenvalue weighted by Crippen LogP contribution is 2.24. The molecule has 3 rings (SSSR count). The predicted octanol–water partition coefficient (Wildman–Crippen LogP) is 3.47. The van der Waals surface area contributed by atoms with Gasteiger partial charge < -0.3 is 4.98 Å².